The molecule has 2 N–H and O–H groups in total. The molecule has 100 valence electrons. The maximum absolute atomic E-state index is 12.6. The molecule has 1 aliphatic carbocycles. The molecule has 1 amide bonds. The van der Waals surface area contributed by atoms with Crippen LogP contribution in [0.5, 0.6) is 0 Å². The van der Waals surface area contributed by atoms with E-state index in [9.17, 15) is 4.79 Å². The second kappa shape index (κ2) is 4.62. The molecule has 2 aromatic heterocycles. The van der Waals surface area contributed by atoms with Crippen LogP contribution in [-0.2, 0) is 17.3 Å². The molecule has 6 nitrogen and oxygen atoms in total. The van der Waals surface area contributed by atoms with Crippen LogP contribution in [0.25, 0.3) is 0 Å². The number of rotatable bonds is 3. The van der Waals surface area contributed by atoms with Gasteiger partial charge in [-0.2, -0.15) is 10.2 Å². The number of aryl methyl sites for hydroxylation is 1. The van der Waals surface area contributed by atoms with E-state index < -0.39 is 5.41 Å². The number of carbonyl (C=O) groups is 1. The molecule has 1 aliphatic rings. The topological polar surface area (TPSA) is 75.6 Å². The van der Waals surface area contributed by atoms with Crippen LogP contribution in [0.3, 0.4) is 0 Å². The molecule has 0 aliphatic heterocycles. The molecular weight excluding hydrogens is 357 g/mol. The van der Waals surface area contributed by atoms with Gasteiger partial charge in [0.2, 0.25) is 5.91 Å². The highest BCUT2D eigenvalue weighted by Gasteiger charge is 2.47. The van der Waals surface area contributed by atoms with Crippen molar-refractivity contribution >= 4 is 34.2 Å². The van der Waals surface area contributed by atoms with Crippen molar-refractivity contribution in [2.45, 2.75) is 24.7 Å². The third kappa shape index (κ3) is 1.96. The van der Waals surface area contributed by atoms with Crippen LogP contribution in [0, 0.1) is 3.70 Å². The second-order valence-corrected chi connectivity index (χ2v) is 5.85. The van der Waals surface area contributed by atoms with E-state index in [4.69, 9.17) is 0 Å². The van der Waals surface area contributed by atoms with E-state index >= 15 is 0 Å². The Kier molecular flexibility index (Phi) is 3.08. The molecule has 2 aromatic rings. The largest absolute Gasteiger partial charge is 0.322 e. The van der Waals surface area contributed by atoms with Gasteiger partial charge in [-0.05, 0) is 41.5 Å². The molecule has 7 heteroatoms. The van der Waals surface area contributed by atoms with Gasteiger partial charge in [-0.25, -0.2) is 0 Å². The zero-order valence-electron chi connectivity index (χ0n) is 10.5. The van der Waals surface area contributed by atoms with Gasteiger partial charge in [0.25, 0.3) is 0 Å². The van der Waals surface area contributed by atoms with Crippen LogP contribution in [0.2, 0.25) is 0 Å². The highest BCUT2D eigenvalue weighted by Crippen LogP contribution is 2.43. The van der Waals surface area contributed by atoms with Crippen molar-refractivity contribution in [1.82, 2.24) is 20.0 Å². The molecule has 3 rings (SSSR count). The van der Waals surface area contributed by atoms with E-state index in [0.717, 1.165) is 34.3 Å². The summed E-state index contributed by atoms with van der Waals surface area (Å²) < 4.78 is 2.66. The first-order valence-corrected chi connectivity index (χ1v) is 7.20. The van der Waals surface area contributed by atoms with E-state index in [2.05, 4.69) is 43.2 Å². The van der Waals surface area contributed by atoms with Crippen molar-refractivity contribution in [2.75, 3.05) is 5.32 Å². The summed E-state index contributed by atoms with van der Waals surface area (Å²) in [5, 5.41) is 14.0. The van der Waals surface area contributed by atoms with Crippen molar-refractivity contribution < 1.29 is 4.79 Å². The summed E-state index contributed by atoms with van der Waals surface area (Å²) in [4.78, 5) is 12.6. The number of aromatic amines is 1. The summed E-state index contributed by atoms with van der Waals surface area (Å²) in [5.41, 5.74) is 1.21. The number of aromatic nitrogens is 4. The predicted octanol–water partition coefficient (Wildman–Crippen LogP) is 1.81. The fraction of sp³-hybridized carbons (Fsp3) is 0.417. The third-order valence-corrected chi connectivity index (χ3v) is 5.05. The Morgan fingerprint density at radius 2 is 2.37 bits per heavy atom. The highest BCUT2D eigenvalue weighted by atomic mass is 127. The summed E-state index contributed by atoms with van der Waals surface area (Å²) >= 11 is 2.17. The molecule has 0 bridgehead atoms. The zero-order valence-corrected chi connectivity index (χ0v) is 12.6. The molecule has 0 aromatic carbocycles. The van der Waals surface area contributed by atoms with Gasteiger partial charge in [-0.3, -0.25) is 14.6 Å². The quantitative estimate of drug-likeness (QED) is 0.809. The van der Waals surface area contributed by atoms with E-state index in [-0.39, 0.29) is 5.91 Å². The lowest BCUT2D eigenvalue weighted by atomic mass is 9.66. The first-order valence-electron chi connectivity index (χ1n) is 6.12. The van der Waals surface area contributed by atoms with Crippen molar-refractivity contribution in [2.24, 2.45) is 7.05 Å². The smallest absolute Gasteiger partial charge is 0.236 e. The zero-order chi connectivity index (χ0) is 13.5. The van der Waals surface area contributed by atoms with Gasteiger partial charge in [-0.15, -0.1) is 0 Å². The van der Waals surface area contributed by atoms with Gasteiger partial charge < -0.3 is 5.32 Å². The van der Waals surface area contributed by atoms with E-state index in [1.165, 1.54) is 0 Å². The predicted molar refractivity (Wildman–Crippen MR) is 78.7 cm³/mol. The molecule has 2 heterocycles. The maximum Gasteiger partial charge on any atom is 0.236 e. The number of anilines is 1. The third-order valence-electron chi connectivity index (χ3n) is 3.77. The monoisotopic (exact) mass is 371 g/mol. The Balaban J connectivity index is 1.85. The summed E-state index contributed by atoms with van der Waals surface area (Å²) in [6.45, 7) is 0. The van der Waals surface area contributed by atoms with Crippen LogP contribution in [0.4, 0.5) is 5.69 Å². The number of hydrogen-bond acceptors (Lipinski definition) is 3. The van der Waals surface area contributed by atoms with E-state index in [1.54, 1.807) is 17.1 Å². The molecule has 19 heavy (non-hydrogen) atoms. The van der Waals surface area contributed by atoms with E-state index in [1.807, 2.05) is 13.1 Å². The SMILES string of the molecule is Cn1ncc(NC(=O)C2(c3ccn[nH]3)CCC2)c1I. The van der Waals surface area contributed by atoms with Gasteiger partial charge >= 0.3 is 0 Å². The molecule has 0 spiro atoms. The molecular formula is C12H14IN5O. The number of H-pyrrole nitrogens is 1. The molecule has 0 saturated heterocycles. The molecule has 0 radical (unpaired) electrons. The van der Waals surface area contributed by atoms with Crippen LogP contribution < -0.4 is 5.32 Å². The number of hydrogen-bond donors (Lipinski definition) is 2. The van der Waals surface area contributed by atoms with Crippen molar-refractivity contribution in [3.8, 4) is 0 Å². The Hall–Kier alpha value is -1.38. The summed E-state index contributed by atoms with van der Waals surface area (Å²) in [6, 6.07) is 1.88. The standard InChI is InChI=1S/C12H14IN5O/c1-18-10(13)8(7-15-18)16-11(19)12(4-2-5-12)9-3-6-14-17-9/h3,6-7H,2,4-5H2,1H3,(H,14,17)(H,16,19). The van der Waals surface area contributed by atoms with Gasteiger partial charge in [-0.1, -0.05) is 6.42 Å². The number of carbonyl (C=O) groups excluding carboxylic acids is 1. The van der Waals surface area contributed by atoms with Crippen molar-refractivity contribution in [3.05, 3.63) is 27.9 Å². The second-order valence-electron chi connectivity index (χ2n) is 4.83. The summed E-state index contributed by atoms with van der Waals surface area (Å²) in [7, 11) is 1.85. The maximum atomic E-state index is 12.6. The number of nitrogens with zero attached hydrogens (tertiary/aromatic N) is 3. The average Bonchev–Trinajstić information content (AvgIpc) is 2.94. The lowest BCUT2D eigenvalue weighted by Crippen LogP contribution is -2.46. The number of halogens is 1. The van der Waals surface area contributed by atoms with Gasteiger partial charge in [0.05, 0.1) is 23.0 Å². The molecule has 1 saturated carbocycles. The van der Waals surface area contributed by atoms with Crippen LogP contribution in [-0.4, -0.2) is 25.9 Å². The summed E-state index contributed by atoms with van der Waals surface area (Å²) in [6.07, 6.45) is 6.15. The van der Waals surface area contributed by atoms with Crippen molar-refractivity contribution in [1.29, 1.82) is 0 Å². The summed E-state index contributed by atoms with van der Waals surface area (Å²) in [5.74, 6) is 0.0221. The number of amides is 1. The average molecular weight is 371 g/mol. The van der Waals surface area contributed by atoms with Crippen molar-refractivity contribution in [3.63, 3.8) is 0 Å². The van der Waals surface area contributed by atoms with Gasteiger partial charge in [0.1, 0.15) is 3.70 Å². The Morgan fingerprint density at radius 1 is 1.58 bits per heavy atom. The molecule has 0 unspecified atom stereocenters. The first kappa shape index (κ1) is 12.6. The van der Waals surface area contributed by atoms with E-state index in [0.29, 0.717) is 0 Å². The Bertz CT molecular complexity index is 600. The minimum atomic E-state index is -0.449. The van der Waals surface area contributed by atoms with Gasteiger partial charge in [0.15, 0.2) is 0 Å². The lowest BCUT2D eigenvalue weighted by Gasteiger charge is -2.39. The Morgan fingerprint density at radius 3 is 2.84 bits per heavy atom. The highest BCUT2D eigenvalue weighted by molar-refractivity contribution is 14.1. The van der Waals surface area contributed by atoms with Crippen LogP contribution in [0.15, 0.2) is 18.5 Å². The van der Waals surface area contributed by atoms with Crippen LogP contribution >= 0.6 is 22.6 Å². The minimum Gasteiger partial charge on any atom is -0.322 e. The minimum absolute atomic E-state index is 0.0221. The fourth-order valence-electron chi connectivity index (χ4n) is 2.42. The molecule has 1 fully saturated rings. The molecule has 0 atom stereocenters. The van der Waals surface area contributed by atoms with Crippen LogP contribution in [0.1, 0.15) is 25.0 Å². The fourth-order valence-corrected chi connectivity index (χ4v) is 2.82. The normalized spacial score (nSPS) is 16.9. The lowest BCUT2D eigenvalue weighted by molar-refractivity contribution is -0.124. The number of nitrogens with one attached hydrogen (secondary N) is 2. The van der Waals surface area contributed by atoms with Gasteiger partial charge in [0, 0.05) is 13.2 Å². The first-order chi connectivity index (χ1) is 9.13. The Labute approximate surface area is 124 Å².